The van der Waals surface area contributed by atoms with Gasteiger partial charge in [-0.1, -0.05) is 30.3 Å². The monoisotopic (exact) mass is 394 g/mol. The Labute approximate surface area is 169 Å². The van der Waals surface area contributed by atoms with Crippen molar-refractivity contribution in [1.29, 1.82) is 0 Å². The van der Waals surface area contributed by atoms with Crippen LogP contribution in [0.15, 0.2) is 42.0 Å². The third-order valence-electron chi connectivity index (χ3n) is 6.11. The van der Waals surface area contributed by atoms with Crippen LogP contribution in [0.2, 0.25) is 0 Å². The summed E-state index contributed by atoms with van der Waals surface area (Å²) in [7, 11) is 0. The molecule has 0 radical (unpaired) electrons. The Hall–Kier alpha value is -2.02. The van der Waals surface area contributed by atoms with Crippen molar-refractivity contribution in [2.45, 2.75) is 25.4 Å². The summed E-state index contributed by atoms with van der Waals surface area (Å²) in [6.07, 6.45) is 4.88. The molecule has 5 rings (SSSR count). The van der Waals surface area contributed by atoms with Crippen molar-refractivity contribution in [3.05, 3.63) is 42.0 Å². The van der Waals surface area contributed by atoms with Crippen LogP contribution in [-0.4, -0.2) is 58.8 Å². The Balaban J connectivity index is 1.35. The first kappa shape index (κ1) is 18.0. The second-order valence-corrected chi connectivity index (χ2v) is 8.88. The first-order valence-corrected chi connectivity index (χ1v) is 11.1. The smallest absolute Gasteiger partial charge is 0.141 e. The van der Waals surface area contributed by atoms with Crippen LogP contribution in [0.5, 0.6) is 0 Å². The molecule has 6 heteroatoms. The molecule has 0 aliphatic carbocycles. The molecule has 0 unspecified atom stereocenters. The molecule has 3 aromatic rings. The van der Waals surface area contributed by atoms with Crippen LogP contribution in [0.1, 0.15) is 19.3 Å². The van der Waals surface area contributed by atoms with Gasteiger partial charge >= 0.3 is 0 Å². The molecule has 5 nitrogen and oxygen atoms in total. The maximum atomic E-state index is 9.76. The van der Waals surface area contributed by atoms with E-state index in [-0.39, 0.29) is 6.10 Å². The highest BCUT2D eigenvalue weighted by atomic mass is 32.1. The number of aliphatic hydroxyl groups is 1. The number of fused-ring (bicyclic) bond motifs is 1. The lowest BCUT2D eigenvalue weighted by Crippen LogP contribution is -2.38. The Bertz CT molecular complexity index is 936. The molecule has 1 N–H and O–H groups in total. The molecule has 0 amide bonds. The lowest BCUT2D eigenvalue weighted by molar-refractivity contribution is 0.166. The zero-order valence-electron chi connectivity index (χ0n) is 16.0. The van der Waals surface area contributed by atoms with Gasteiger partial charge in [0.05, 0.1) is 11.5 Å². The Kier molecular flexibility index (Phi) is 5.01. The van der Waals surface area contributed by atoms with Gasteiger partial charge in [0, 0.05) is 43.7 Å². The third kappa shape index (κ3) is 3.52. The maximum absolute atomic E-state index is 9.76. The average molecular weight is 395 g/mol. The van der Waals surface area contributed by atoms with Crippen LogP contribution in [0.25, 0.3) is 21.3 Å². The minimum absolute atomic E-state index is 0.121. The molecule has 1 aromatic carbocycles. The fourth-order valence-electron chi connectivity index (χ4n) is 4.60. The van der Waals surface area contributed by atoms with Gasteiger partial charge in [0.2, 0.25) is 0 Å². The van der Waals surface area contributed by atoms with Crippen molar-refractivity contribution in [2.75, 3.05) is 37.6 Å². The van der Waals surface area contributed by atoms with Gasteiger partial charge < -0.3 is 14.9 Å². The number of aliphatic hydroxyl groups excluding tert-OH is 1. The number of β-amino-alcohol motifs (C(OH)–C–C–N with tert-alkyl or cyclic N) is 1. The summed E-state index contributed by atoms with van der Waals surface area (Å²) in [5.74, 6) is 1.80. The largest absolute Gasteiger partial charge is 0.392 e. The number of rotatable bonds is 4. The first-order chi connectivity index (χ1) is 13.8. The van der Waals surface area contributed by atoms with Crippen LogP contribution < -0.4 is 4.90 Å². The van der Waals surface area contributed by atoms with Crippen LogP contribution in [-0.2, 0) is 0 Å². The number of aromatic nitrogens is 2. The highest BCUT2D eigenvalue weighted by molar-refractivity contribution is 7.17. The molecule has 2 aliphatic rings. The van der Waals surface area contributed by atoms with Gasteiger partial charge in [-0.3, -0.25) is 0 Å². The van der Waals surface area contributed by atoms with Gasteiger partial charge in [-0.25, -0.2) is 9.97 Å². The van der Waals surface area contributed by atoms with Gasteiger partial charge in [-0.15, -0.1) is 11.3 Å². The highest BCUT2D eigenvalue weighted by Gasteiger charge is 2.27. The molecular formula is C22H26N4OS. The zero-order valence-corrected chi connectivity index (χ0v) is 16.8. The Morgan fingerprint density at radius 3 is 2.61 bits per heavy atom. The van der Waals surface area contributed by atoms with E-state index in [1.165, 1.54) is 29.4 Å². The minimum atomic E-state index is -0.121. The van der Waals surface area contributed by atoms with Crippen molar-refractivity contribution in [3.8, 4) is 11.1 Å². The van der Waals surface area contributed by atoms with Crippen LogP contribution in [0, 0.1) is 5.92 Å². The maximum Gasteiger partial charge on any atom is 0.141 e. The number of hydrogen-bond acceptors (Lipinski definition) is 6. The summed E-state index contributed by atoms with van der Waals surface area (Å²) in [4.78, 5) is 15.2. The molecule has 1 atom stereocenters. The number of benzene rings is 1. The third-order valence-corrected chi connectivity index (χ3v) is 7.00. The molecule has 0 bridgehead atoms. The van der Waals surface area contributed by atoms with Crippen LogP contribution in [0.4, 0.5) is 5.82 Å². The second kappa shape index (κ2) is 7.78. The van der Waals surface area contributed by atoms with E-state index in [9.17, 15) is 5.11 Å². The lowest BCUT2D eigenvalue weighted by Gasteiger charge is -2.34. The SMILES string of the molecule is O[C@H]1CCN(CC2CCN(c3ncnc4scc(-c5ccccc5)c34)CC2)C1. The summed E-state index contributed by atoms with van der Waals surface area (Å²) >= 11 is 1.70. The van der Waals surface area contributed by atoms with Gasteiger partial charge in [0.25, 0.3) is 0 Å². The quantitative estimate of drug-likeness (QED) is 0.732. The van der Waals surface area contributed by atoms with Gasteiger partial charge in [-0.2, -0.15) is 0 Å². The molecule has 0 spiro atoms. The number of hydrogen-bond donors (Lipinski definition) is 1. The second-order valence-electron chi connectivity index (χ2n) is 8.03. The van der Waals surface area contributed by atoms with Gasteiger partial charge in [0.1, 0.15) is 17.0 Å². The summed E-state index contributed by atoms with van der Waals surface area (Å²) in [6.45, 7) is 5.09. The molecule has 0 saturated carbocycles. The number of anilines is 1. The Morgan fingerprint density at radius 1 is 1.04 bits per heavy atom. The van der Waals surface area contributed by atoms with Crippen molar-refractivity contribution >= 4 is 27.4 Å². The van der Waals surface area contributed by atoms with Crippen LogP contribution >= 0.6 is 11.3 Å². The number of piperidine rings is 1. The first-order valence-electron chi connectivity index (χ1n) is 10.2. The molecule has 2 saturated heterocycles. The molecule has 28 heavy (non-hydrogen) atoms. The minimum Gasteiger partial charge on any atom is -0.392 e. The summed E-state index contributed by atoms with van der Waals surface area (Å²) in [6, 6.07) is 10.6. The average Bonchev–Trinajstić information content (AvgIpc) is 3.35. The topological polar surface area (TPSA) is 52.5 Å². The molecular weight excluding hydrogens is 368 g/mol. The molecule has 2 fully saturated rings. The molecule has 146 valence electrons. The van der Waals surface area contributed by atoms with E-state index in [0.717, 1.165) is 55.7 Å². The zero-order chi connectivity index (χ0) is 18.9. The van der Waals surface area contributed by atoms with Crippen molar-refractivity contribution in [2.24, 2.45) is 5.92 Å². The predicted octanol–water partition coefficient (Wildman–Crippen LogP) is 3.64. The standard InChI is InChI=1S/C22H26N4OS/c27-18-8-9-25(13-18)12-16-6-10-26(11-7-16)21-20-19(17-4-2-1-3-5-17)14-28-22(20)24-15-23-21/h1-5,14-16,18,27H,6-13H2/t18-/m0/s1. The molecule has 2 aliphatic heterocycles. The van der Waals surface area contributed by atoms with E-state index in [0.29, 0.717) is 0 Å². The van der Waals surface area contributed by atoms with Crippen molar-refractivity contribution in [3.63, 3.8) is 0 Å². The fourth-order valence-corrected chi connectivity index (χ4v) is 5.51. The van der Waals surface area contributed by atoms with E-state index in [4.69, 9.17) is 4.98 Å². The number of nitrogens with zero attached hydrogens (tertiary/aromatic N) is 4. The van der Waals surface area contributed by atoms with Crippen LogP contribution in [0.3, 0.4) is 0 Å². The summed E-state index contributed by atoms with van der Waals surface area (Å²) in [5, 5.41) is 13.2. The van der Waals surface area contributed by atoms with E-state index in [1.807, 2.05) is 0 Å². The van der Waals surface area contributed by atoms with Crippen molar-refractivity contribution in [1.82, 2.24) is 14.9 Å². The van der Waals surface area contributed by atoms with Gasteiger partial charge in [0.15, 0.2) is 0 Å². The van der Waals surface area contributed by atoms with E-state index in [1.54, 1.807) is 17.7 Å². The lowest BCUT2D eigenvalue weighted by atomic mass is 9.96. The molecule has 2 aromatic heterocycles. The Morgan fingerprint density at radius 2 is 1.86 bits per heavy atom. The van der Waals surface area contributed by atoms with E-state index >= 15 is 0 Å². The predicted molar refractivity (Wildman–Crippen MR) is 115 cm³/mol. The van der Waals surface area contributed by atoms with Crippen molar-refractivity contribution < 1.29 is 5.11 Å². The summed E-state index contributed by atoms with van der Waals surface area (Å²) < 4.78 is 0. The number of likely N-dealkylation sites (tertiary alicyclic amines) is 1. The highest BCUT2D eigenvalue weighted by Crippen LogP contribution is 2.38. The normalized spacial score (nSPS) is 21.6. The fraction of sp³-hybridized carbons (Fsp3) is 0.455. The van der Waals surface area contributed by atoms with E-state index < -0.39 is 0 Å². The van der Waals surface area contributed by atoms with E-state index in [2.05, 4.69) is 50.5 Å². The number of thiophene rings is 1. The summed E-state index contributed by atoms with van der Waals surface area (Å²) in [5.41, 5.74) is 2.47. The molecule has 4 heterocycles. The van der Waals surface area contributed by atoms with Gasteiger partial charge in [-0.05, 0) is 30.7 Å².